The van der Waals surface area contributed by atoms with Crippen LogP contribution in [0, 0.1) is 0 Å². The van der Waals surface area contributed by atoms with E-state index in [1.165, 1.54) is 0 Å². The molecule has 1 fully saturated rings. The summed E-state index contributed by atoms with van der Waals surface area (Å²) in [5.41, 5.74) is 7.19. The normalized spacial score (nSPS) is 40.5. The van der Waals surface area contributed by atoms with Gasteiger partial charge in [-0.1, -0.05) is 6.04 Å². The van der Waals surface area contributed by atoms with Crippen LogP contribution in [0.4, 0.5) is 0 Å². The van der Waals surface area contributed by atoms with Gasteiger partial charge in [0.05, 0.1) is 6.10 Å². The van der Waals surface area contributed by atoms with Gasteiger partial charge in [0.1, 0.15) is 0 Å². The number of aliphatic hydroxyl groups is 1. The Morgan fingerprint density at radius 3 is 2.60 bits per heavy atom. The molecule has 1 aliphatic heterocycles. The van der Waals surface area contributed by atoms with Crippen LogP contribution in [0.3, 0.4) is 0 Å². The second-order valence-corrected chi connectivity index (χ2v) is 2.55. The number of rotatable bonds is 0. The minimum absolute atomic E-state index is 0. The molecule has 10 heavy (non-hydrogen) atoms. The fraction of sp³-hybridized carbons (Fsp3) is 1.00. The molecular formula is C6H12NO2Y-. The smallest absolute Gasteiger partial charge is 0.0570 e. The van der Waals surface area contributed by atoms with Gasteiger partial charge in [-0.2, -0.15) is 0 Å². The minimum atomic E-state index is -0.478. The Bertz CT molecular complexity index is 102. The SMILES string of the molecule is CC1C[C@@H](O)C([NH-])CO1.[Y]. The van der Waals surface area contributed by atoms with Crippen molar-refractivity contribution in [2.24, 2.45) is 0 Å². The molecular weight excluding hydrogens is 207 g/mol. The van der Waals surface area contributed by atoms with Crippen LogP contribution >= 0.6 is 0 Å². The van der Waals surface area contributed by atoms with E-state index in [0.717, 1.165) is 0 Å². The Balaban J connectivity index is 0.000000810. The molecule has 2 N–H and O–H groups in total. The number of hydrogen-bond acceptors (Lipinski definition) is 2. The van der Waals surface area contributed by atoms with Crippen molar-refractivity contribution >= 4 is 0 Å². The third-order valence-corrected chi connectivity index (χ3v) is 1.60. The molecule has 0 amide bonds. The van der Waals surface area contributed by atoms with E-state index in [9.17, 15) is 0 Å². The van der Waals surface area contributed by atoms with Crippen LogP contribution in [0.25, 0.3) is 5.73 Å². The molecule has 1 heterocycles. The fourth-order valence-corrected chi connectivity index (χ4v) is 0.951. The molecule has 0 aliphatic carbocycles. The number of aliphatic hydroxyl groups excluding tert-OH is 1. The third-order valence-electron chi connectivity index (χ3n) is 1.60. The standard InChI is InChI=1S/C6H12NO2.Y/c1-4-2-6(8)5(7)3-9-4;/h4-8H,2-3H2,1H3;/q-1;/t4?,5?,6-;/m1./s1. The first-order valence-corrected chi connectivity index (χ1v) is 3.21. The molecule has 57 valence electrons. The zero-order valence-corrected chi connectivity index (χ0v) is 8.92. The van der Waals surface area contributed by atoms with Gasteiger partial charge in [0, 0.05) is 45.4 Å². The molecule has 0 spiro atoms. The molecule has 1 radical (unpaired) electrons. The second kappa shape index (κ2) is 4.78. The predicted molar refractivity (Wildman–Crippen MR) is 34.1 cm³/mol. The van der Waals surface area contributed by atoms with Crippen molar-refractivity contribution in [1.29, 1.82) is 0 Å². The molecule has 0 aromatic carbocycles. The average Bonchev–Trinajstić information content (AvgIpc) is 1.80. The molecule has 1 saturated heterocycles. The van der Waals surface area contributed by atoms with Gasteiger partial charge in [-0.25, -0.2) is 0 Å². The summed E-state index contributed by atoms with van der Waals surface area (Å²) in [5.74, 6) is 0. The number of nitrogens with one attached hydrogen (secondary N) is 1. The molecule has 1 aliphatic rings. The fourth-order valence-electron chi connectivity index (χ4n) is 0.951. The Morgan fingerprint density at radius 2 is 2.20 bits per heavy atom. The van der Waals surface area contributed by atoms with Crippen molar-refractivity contribution in [3.05, 3.63) is 5.73 Å². The Kier molecular flexibility index (Phi) is 5.25. The topological polar surface area (TPSA) is 53.3 Å². The third kappa shape index (κ3) is 2.93. The van der Waals surface area contributed by atoms with E-state index >= 15 is 0 Å². The van der Waals surface area contributed by atoms with Crippen LogP contribution in [0.15, 0.2) is 0 Å². The Labute approximate surface area is 86.2 Å². The first kappa shape index (κ1) is 11.0. The van der Waals surface area contributed by atoms with Crippen LogP contribution in [-0.2, 0) is 37.4 Å². The molecule has 3 nitrogen and oxygen atoms in total. The van der Waals surface area contributed by atoms with Gasteiger partial charge < -0.3 is 15.6 Å². The van der Waals surface area contributed by atoms with Gasteiger partial charge in [-0.15, -0.1) is 0 Å². The van der Waals surface area contributed by atoms with E-state index < -0.39 is 12.1 Å². The Hall–Kier alpha value is 0.984. The van der Waals surface area contributed by atoms with Crippen LogP contribution < -0.4 is 0 Å². The zero-order chi connectivity index (χ0) is 6.85. The quantitative estimate of drug-likeness (QED) is 0.647. The van der Waals surface area contributed by atoms with E-state index in [1.54, 1.807) is 0 Å². The minimum Gasteiger partial charge on any atom is -0.671 e. The van der Waals surface area contributed by atoms with Crippen LogP contribution in [-0.4, -0.2) is 30.0 Å². The van der Waals surface area contributed by atoms with Gasteiger partial charge in [-0.05, 0) is 13.3 Å². The van der Waals surface area contributed by atoms with Gasteiger partial charge in [0.2, 0.25) is 0 Å². The van der Waals surface area contributed by atoms with Gasteiger partial charge in [-0.3, -0.25) is 0 Å². The largest absolute Gasteiger partial charge is 0.671 e. The number of ether oxygens (including phenoxy) is 1. The molecule has 0 bridgehead atoms. The second-order valence-electron chi connectivity index (χ2n) is 2.55. The summed E-state index contributed by atoms with van der Waals surface area (Å²) >= 11 is 0. The van der Waals surface area contributed by atoms with E-state index in [4.69, 9.17) is 15.6 Å². The summed E-state index contributed by atoms with van der Waals surface area (Å²) in [7, 11) is 0. The molecule has 0 saturated carbocycles. The van der Waals surface area contributed by atoms with Crippen LogP contribution in [0.1, 0.15) is 13.3 Å². The van der Waals surface area contributed by atoms with E-state index in [1.807, 2.05) is 6.92 Å². The average molecular weight is 219 g/mol. The van der Waals surface area contributed by atoms with Crippen molar-refractivity contribution in [1.82, 2.24) is 0 Å². The summed E-state index contributed by atoms with van der Waals surface area (Å²) in [5, 5.41) is 9.08. The van der Waals surface area contributed by atoms with E-state index in [0.29, 0.717) is 13.0 Å². The maximum absolute atomic E-state index is 9.08. The van der Waals surface area contributed by atoms with Crippen molar-refractivity contribution in [2.75, 3.05) is 6.61 Å². The molecule has 0 aromatic heterocycles. The maximum Gasteiger partial charge on any atom is 0.0570 e. The van der Waals surface area contributed by atoms with Gasteiger partial charge >= 0.3 is 0 Å². The van der Waals surface area contributed by atoms with Crippen molar-refractivity contribution in [3.8, 4) is 0 Å². The van der Waals surface area contributed by atoms with Crippen LogP contribution in [0.2, 0.25) is 0 Å². The Morgan fingerprint density at radius 1 is 1.60 bits per heavy atom. The first-order valence-electron chi connectivity index (χ1n) is 3.21. The summed E-state index contributed by atoms with van der Waals surface area (Å²) in [6.45, 7) is 2.29. The molecule has 3 atom stereocenters. The molecule has 4 heteroatoms. The van der Waals surface area contributed by atoms with Crippen molar-refractivity contribution < 1.29 is 42.6 Å². The predicted octanol–water partition coefficient (Wildman–Crippen LogP) is 0.574. The van der Waals surface area contributed by atoms with Crippen LogP contribution in [0.5, 0.6) is 0 Å². The molecule has 2 unspecified atom stereocenters. The van der Waals surface area contributed by atoms with Crippen molar-refractivity contribution in [3.63, 3.8) is 0 Å². The van der Waals surface area contributed by atoms with E-state index in [2.05, 4.69) is 0 Å². The summed E-state index contributed by atoms with van der Waals surface area (Å²) in [4.78, 5) is 0. The maximum atomic E-state index is 9.08. The van der Waals surface area contributed by atoms with E-state index in [-0.39, 0.29) is 38.8 Å². The first-order chi connectivity index (χ1) is 4.20. The van der Waals surface area contributed by atoms with Crippen molar-refractivity contribution in [2.45, 2.75) is 31.6 Å². The summed E-state index contributed by atoms with van der Waals surface area (Å²) in [6.07, 6.45) is 0.254. The zero-order valence-electron chi connectivity index (χ0n) is 6.08. The number of hydrogen-bond donors (Lipinski definition) is 1. The molecule has 1 rings (SSSR count). The molecule has 0 aromatic rings. The summed E-state index contributed by atoms with van der Waals surface area (Å²) in [6, 6.07) is -0.429. The summed E-state index contributed by atoms with van der Waals surface area (Å²) < 4.78 is 5.11. The monoisotopic (exact) mass is 219 g/mol. The van der Waals surface area contributed by atoms with Gasteiger partial charge in [0.25, 0.3) is 0 Å². The van der Waals surface area contributed by atoms with Gasteiger partial charge in [0.15, 0.2) is 0 Å².